The Morgan fingerprint density at radius 3 is 2.45 bits per heavy atom. The van der Waals surface area contributed by atoms with Gasteiger partial charge in [-0.3, -0.25) is 10.2 Å². The summed E-state index contributed by atoms with van der Waals surface area (Å²) in [5.74, 6) is 4.82. The van der Waals surface area contributed by atoms with Gasteiger partial charge >= 0.3 is 0 Å². The molecule has 1 aromatic rings. The predicted octanol–water partition coefficient (Wildman–Crippen LogP) is 2.78. The van der Waals surface area contributed by atoms with Crippen LogP contribution in [0.5, 0.6) is 0 Å². The lowest BCUT2D eigenvalue weighted by atomic mass is 9.76. The van der Waals surface area contributed by atoms with Gasteiger partial charge in [0.05, 0.1) is 12.7 Å². The molecule has 0 radical (unpaired) electrons. The summed E-state index contributed by atoms with van der Waals surface area (Å²) in [5, 5.41) is 0. The molecule has 0 spiro atoms. The van der Waals surface area contributed by atoms with E-state index in [1.165, 1.54) is 12.8 Å². The fourth-order valence-electron chi connectivity index (χ4n) is 2.59. The Morgan fingerprint density at radius 2 is 1.90 bits per heavy atom. The second kappa shape index (κ2) is 6.37. The van der Waals surface area contributed by atoms with Crippen molar-refractivity contribution in [2.24, 2.45) is 11.3 Å². The average Bonchev–Trinajstić information content (AvgIpc) is 2.46. The van der Waals surface area contributed by atoms with Crippen molar-refractivity contribution in [1.29, 1.82) is 0 Å². The molecule has 0 unspecified atom stereocenters. The summed E-state index contributed by atoms with van der Waals surface area (Å²) in [6, 6.07) is 7.37. The predicted molar refractivity (Wildman–Crippen MR) is 78.9 cm³/mol. The molecule has 1 aromatic carbocycles. The number of nitrogens with two attached hydrogens (primary N) is 1. The first-order valence-electron chi connectivity index (χ1n) is 7.22. The summed E-state index contributed by atoms with van der Waals surface area (Å²) >= 11 is 0. The van der Waals surface area contributed by atoms with E-state index in [9.17, 15) is 4.79 Å². The number of ether oxygens (including phenoxy) is 1. The number of benzene rings is 1. The Balaban J connectivity index is 1.81. The van der Waals surface area contributed by atoms with Crippen molar-refractivity contribution in [1.82, 2.24) is 5.43 Å². The highest BCUT2D eigenvalue weighted by Gasteiger charge is 2.27. The largest absolute Gasteiger partial charge is 0.374 e. The van der Waals surface area contributed by atoms with Gasteiger partial charge in [-0.05, 0) is 48.8 Å². The second-order valence-electron chi connectivity index (χ2n) is 6.34. The number of amides is 1. The number of nitrogens with one attached hydrogen (secondary N) is 1. The van der Waals surface area contributed by atoms with Crippen molar-refractivity contribution in [3.8, 4) is 0 Å². The number of carbonyl (C=O) groups excluding carboxylic acids is 1. The SMILES string of the molecule is CC1(C)CCC(OCc2ccc(C(=O)NN)cc2)CC1. The number of nitrogen functional groups attached to an aromatic ring is 1. The van der Waals surface area contributed by atoms with E-state index in [1.54, 1.807) is 12.1 Å². The van der Waals surface area contributed by atoms with Gasteiger partial charge in [0.2, 0.25) is 0 Å². The lowest BCUT2D eigenvalue weighted by Crippen LogP contribution is -2.29. The molecule has 0 bridgehead atoms. The van der Waals surface area contributed by atoms with Crippen LogP contribution in [0.15, 0.2) is 24.3 Å². The highest BCUT2D eigenvalue weighted by molar-refractivity contribution is 5.93. The summed E-state index contributed by atoms with van der Waals surface area (Å²) in [4.78, 5) is 11.3. The lowest BCUT2D eigenvalue weighted by molar-refractivity contribution is -0.00559. The molecule has 0 heterocycles. The van der Waals surface area contributed by atoms with Crippen molar-refractivity contribution in [3.05, 3.63) is 35.4 Å². The molecule has 4 nitrogen and oxygen atoms in total. The maximum atomic E-state index is 11.3. The highest BCUT2D eigenvalue weighted by Crippen LogP contribution is 2.36. The van der Waals surface area contributed by atoms with Gasteiger partial charge in [-0.15, -0.1) is 0 Å². The Morgan fingerprint density at radius 1 is 1.30 bits per heavy atom. The Hall–Kier alpha value is -1.39. The van der Waals surface area contributed by atoms with Crippen LogP contribution in [0.2, 0.25) is 0 Å². The van der Waals surface area contributed by atoms with Gasteiger partial charge in [0.25, 0.3) is 5.91 Å². The monoisotopic (exact) mass is 276 g/mol. The van der Waals surface area contributed by atoms with Crippen LogP contribution in [0.25, 0.3) is 0 Å². The Kier molecular flexibility index (Phi) is 4.78. The first-order valence-corrected chi connectivity index (χ1v) is 7.22. The van der Waals surface area contributed by atoms with E-state index in [-0.39, 0.29) is 5.91 Å². The van der Waals surface area contributed by atoms with Gasteiger partial charge in [0, 0.05) is 5.56 Å². The normalized spacial score (nSPS) is 18.8. The lowest BCUT2D eigenvalue weighted by Gasteiger charge is -2.34. The van der Waals surface area contributed by atoms with Gasteiger partial charge in [-0.2, -0.15) is 0 Å². The van der Waals surface area contributed by atoms with Crippen LogP contribution < -0.4 is 11.3 Å². The van der Waals surface area contributed by atoms with Crippen molar-refractivity contribution < 1.29 is 9.53 Å². The average molecular weight is 276 g/mol. The topological polar surface area (TPSA) is 64.3 Å². The Labute approximate surface area is 120 Å². The summed E-state index contributed by atoms with van der Waals surface area (Å²) < 4.78 is 5.96. The van der Waals surface area contributed by atoms with Crippen LogP contribution in [0.3, 0.4) is 0 Å². The smallest absolute Gasteiger partial charge is 0.265 e. The van der Waals surface area contributed by atoms with Crippen LogP contribution in [0, 0.1) is 5.41 Å². The van der Waals surface area contributed by atoms with Crippen molar-refractivity contribution >= 4 is 5.91 Å². The molecule has 2 rings (SSSR count). The molecule has 20 heavy (non-hydrogen) atoms. The maximum absolute atomic E-state index is 11.3. The molecular weight excluding hydrogens is 252 g/mol. The molecule has 0 aliphatic heterocycles. The van der Waals surface area contributed by atoms with E-state index in [0.717, 1.165) is 18.4 Å². The van der Waals surface area contributed by atoms with Gasteiger partial charge in [0.15, 0.2) is 0 Å². The van der Waals surface area contributed by atoms with Crippen LogP contribution in [-0.4, -0.2) is 12.0 Å². The molecule has 1 fully saturated rings. The molecule has 0 atom stereocenters. The van der Waals surface area contributed by atoms with E-state index in [1.807, 2.05) is 12.1 Å². The second-order valence-corrected chi connectivity index (χ2v) is 6.34. The van der Waals surface area contributed by atoms with Gasteiger partial charge in [-0.25, -0.2) is 5.84 Å². The first-order chi connectivity index (χ1) is 9.50. The number of rotatable bonds is 4. The maximum Gasteiger partial charge on any atom is 0.265 e. The van der Waals surface area contributed by atoms with E-state index >= 15 is 0 Å². The minimum Gasteiger partial charge on any atom is -0.374 e. The van der Waals surface area contributed by atoms with E-state index < -0.39 is 0 Å². The zero-order valence-corrected chi connectivity index (χ0v) is 12.3. The molecule has 3 N–H and O–H groups in total. The van der Waals surface area contributed by atoms with Crippen molar-refractivity contribution in [3.63, 3.8) is 0 Å². The summed E-state index contributed by atoms with van der Waals surface area (Å²) in [5.41, 5.74) is 4.24. The quantitative estimate of drug-likeness (QED) is 0.505. The summed E-state index contributed by atoms with van der Waals surface area (Å²) in [7, 11) is 0. The zero-order valence-electron chi connectivity index (χ0n) is 12.3. The highest BCUT2D eigenvalue weighted by atomic mass is 16.5. The molecule has 1 saturated carbocycles. The molecule has 1 aliphatic rings. The molecule has 110 valence electrons. The molecule has 1 amide bonds. The first kappa shape index (κ1) is 15.0. The molecule has 0 saturated heterocycles. The number of carbonyl (C=O) groups is 1. The summed E-state index contributed by atoms with van der Waals surface area (Å²) in [6.45, 7) is 5.25. The molecule has 4 heteroatoms. The third-order valence-corrected chi connectivity index (χ3v) is 4.12. The van der Waals surface area contributed by atoms with E-state index in [4.69, 9.17) is 10.6 Å². The van der Waals surface area contributed by atoms with Gasteiger partial charge in [0.1, 0.15) is 0 Å². The number of hydrazine groups is 1. The summed E-state index contributed by atoms with van der Waals surface area (Å²) in [6.07, 6.45) is 5.11. The van der Waals surface area contributed by atoms with Crippen LogP contribution in [-0.2, 0) is 11.3 Å². The van der Waals surface area contributed by atoms with Crippen molar-refractivity contribution in [2.45, 2.75) is 52.2 Å². The minimum absolute atomic E-state index is 0.271. The standard InChI is InChI=1S/C16H24N2O2/c1-16(2)9-7-14(8-10-16)20-11-12-3-5-13(6-4-12)15(19)18-17/h3-6,14H,7-11,17H2,1-2H3,(H,18,19). The van der Waals surface area contributed by atoms with E-state index in [0.29, 0.717) is 23.7 Å². The number of hydrogen-bond acceptors (Lipinski definition) is 3. The zero-order chi connectivity index (χ0) is 14.6. The van der Waals surface area contributed by atoms with Crippen LogP contribution >= 0.6 is 0 Å². The van der Waals surface area contributed by atoms with Crippen molar-refractivity contribution in [2.75, 3.05) is 0 Å². The van der Waals surface area contributed by atoms with Crippen LogP contribution in [0.4, 0.5) is 0 Å². The third-order valence-electron chi connectivity index (χ3n) is 4.12. The fraction of sp³-hybridized carbons (Fsp3) is 0.562. The Bertz CT molecular complexity index is 444. The van der Waals surface area contributed by atoms with Gasteiger partial charge < -0.3 is 4.74 Å². The van der Waals surface area contributed by atoms with Crippen LogP contribution in [0.1, 0.15) is 55.5 Å². The van der Waals surface area contributed by atoms with E-state index in [2.05, 4.69) is 19.3 Å². The third kappa shape index (κ3) is 4.05. The fourth-order valence-corrected chi connectivity index (χ4v) is 2.59. The minimum atomic E-state index is -0.271. The molecule has 0 aromatic heterocycles. The van der Waals surface area contributed by atoms with Gasteiger partial charge in [-0.1, -0.05) is 26.0 Å². The molecule has 1 aliphatic carbocycles. The molecular formula is C16H24N2O2. The number of hydrogen-bond donors (Lipinski definition) is 2.